The van der Waals surface area contributed by atoms with Crippen molar-refractivity contribution in [2.45, 2.75) is 45.3 Å². The van der Waals surface area contributed by atoms with Crippen molar-refractivity contribution in [3.63, 3.8) is 0 Å². The summed E-state index contributed by atoms with van der Waals surface area (Å²) in [7, 11) is 3.83. The van der Waals surface area contributed by atoms with Gasteiger partial charge in [0.15, 0.2) is 0 Å². The normalized spacial score (nSPS) is 22.8. The monoisotopic (exact) mass is 315 g/mol. The van der Waals surface area contributed by atoms with E-state index >= 15 is 0 Å². The fraction of sp³-hybridized carbons (Fsp3) is 0.556. The average molecular weight is 315 g/mol. The number of ether oxygens (including phenoxy) is 1. The quantitative estimate of drug-likeness (QED) is 0.851. The number of aromatic nitrogens is 2. The molecule has 0 N–H and O–H groups in total. The van der Waals surface area contributed by atoms with E-state index in [0.29, 0.717) is 11.7 Å². The van der Waals surface area contributed by atoms with Gasteiger partial charge in [-0.05, 0) is 31.4 Å². The molecule has 0 saturated heterocycles. The molecule has 124 valence electrons. The van der Waals surface area contributed by atoms with Crippen LogP contribution in [0.25, 0.3) is 5.65 Å². The topological polar surface area (TPSA) is 46.8 Å². The molecule has 5 nitrogen and oxygen atoms in total. The molecular weight excluding hydrogens is 290 g/mol. The Morgan fingerprint density at radius 1 is 1.39 bits per heavy atom. The Kier molecular flexibility index (Phi) is 4.15. The summed E-state index contributed by atoms with van der Waals surface area (Å²) in [5.41, 5.74) is 0.772. The zero-order valence-electron chi connectivity index (χ0n) is 14.3. The molecule has 5 heteroatoms. The van der Waals surface area contributed by atoms with Gasteiger partial charge in [0, 0.05) is 37.9 Å². The van der Waals surface area contributed by atoms with Crippen molar-refractivity contribution in [1.29, 1.82) is 0 Å². The molecule has 0 unspecified atom stereocenters. The van der Waals surface area contributed by atoms with Crippen molar-refractivity contribution < 1.29 is 4.74 Å². The van der Waals surface area contributed by atoms with Gasteiger partial charge in [-0.2, -0.15) is 0 Å². The molecule has 2 aromatic rings. The molecule has 1 aliphatic carbocycles. The van der Waals surface area contributed by atoms with Gasteiger partial charge in [0.2, 0.25) is 0 Å². The fourth-order valence-corrected chi connectivity index (χ4v) is 4.16. The highest BCUT2D eigenvalue weighted by Crippen LogP contribution is 2.51. The second kappa shape index (κ2) is 5.96. The van der Waals surface area contributed by atoms with E-state index in [2.05, 4.69) is 23.7 Å². The summed E-state index contributed by atoms with van der Waals surface area (Å²) in [5, 5.41) is 0. The minimum absolute atomic E-state index is 0.0429. The lowest BCUT2D eigenvalue weighted by Gasteiger charge is -2.58. The van der Waals surface area contributed by atoms with Crippen LogP contribution in [0.4, 0.5) is 5.82 Å². The van der Waals surface area contributed by atoms with Crippen LogP contribution in [0, 0.1) is 5.41 Å². The lowest BCUT2D eigenvalue weighted by atomic mass is 9.58. The first-order valence-corrected chi connectivity index (χ1v) is 8.31. The van der Waals surface area contributed by atoms with Gasteiger partial charge < -0.3 is 9.64 Å². The number of pyridine rings is 1. The molecule has 1 fully saturated rings. The summed E-state index contributed by atoms with van der Waals surface area (Å²) in [6.45, 7) is 4.44. The zero-order chi connectivity index (χ0) is 16.6. The molecule has 0 bridgehead atoms. The predicted molar refractivity (Wildman–Crippen MR) is 92.1 cm³/mol. The Bertz CT molecular complexity index is 751. The van der Waals surface area contributed by atoms with E-state index in [4.69, 9.17) is 4.74 Å². The summed E-state index contributed by atoms with van der Waals surface area (Å²) < 4.78 is 7.25. The van der Waals surface area contributed by atoms with Gasteiger partial charge in [0.25, 0.3) is 5.56 Å². The summed E-state index contributed by atoms with van der Waals surface area (Å²) in [6, 6.07) is 7.58. The standard InChI is InChI=1S/C18H25N3O2/c1-5-18(6-2)13(11-14(18)23-4)20(3)16-12-17(22)21-10-8-7-9-15(21)19-16/h7-10,12-14H,5-6,11H2,1-4H3/t13-,14+/m1/s1. The summed E-state index contributed by atoms with van der Waals surface area (Å²) >= 11 is 0. The van der Waals surface area contributed by atoms with Crippen molar-refractivity contribution in [2.75, 3.05) is 19.1 Å². The first kappa shape index (κ1) is 16.0. The molecule has 0 amide bonds. The van der Waals surface area contributed by atoms with Crippen molar-refractivity contribution in [2.24, 2.45) is 5.41 Å². The van der Waals surface area contributed by atoms with Crippen molar-refractivity contribution in [1.82, 2.24) is 9.38 Å². The first-order chi connectivity index (χ1) is 11.1. The highest BCUT2D eigenvalue weighted by Gasteiger charge is 2.55. The second-order valence-corrected chi connectivity index (χ2v) is 6.41. The lowest BCUT2D eigenvalue weighted by molar-refractivity contribution is -0.113. The van der Waals surface area contributed by atoms with E-state index in [0.717, 1.165) is 25.1 Å². The maximum atomic E-state index is 12.3. The number of anilines is 1. The van der Waals surface area contributed by atoms with Gasteiger partial charge in [0.1, 0.15) is 11.5 Å². The van der Waals surface area contributed by atoms with Gasteiger partial charge >= 0.3 is 0 Å². The molecular formula is C18H25N3O2. The third-order valence-corrected chi connectivity index (χ3v) is 5.73. The molecule has 1 saturated carbocycles. The smallest absolute Gasteiger partial charge is 0.259 e. The van der Waals surface area contributed by atoms with Crippen LogP contribution < -0.4 is 10.5 Å². The molecule has 0 aromatic carbocycles. The van der Waals surface area contributed by atoms with Gasteiger partial charge in [-0.1, -0.05) is 19.9 Å². The second-order valence-electron chi connectivity index (χ2n) is 6.41. The van der Waals surface area contributed by atoms with Gasteiger partial charge in [-0.3, -0.25) is 9.20 Å². The number of rotatable bonds is 5. The van der Waals surface area contributed by atoms with E-state index in [1.165, 1.54) is 0 Å². The van der Waals surface area contributed by atoms with Crippen LogP contribution in [0.3, 0.4) is 0 Å². The number of nitrogens with zero attached hydrogens (tertiary/aromatic N) is 3. The van der Waals surface area contributed by atoms with Crippen LogP contribution in [-0.2, 0) is 4.74 Å². The Labute approximate surface area is 136 Å². The minimum Gasteiger partial charge on any atom is -0.381 e. The lowest BCUT2D eigenvalue weighted by Crippen LogP contribution is -2.63. The molecule has 2 atom stereocenters. The predicted octanol–water partition coefficient (Wildman–Crippen LogP) is 2.72. The summed E-state index contributed by atoms with van der Waals surface area (Å²) in [5.74, 6) is 0.743. The largest absolute Gasteiger partial charge is 0.381 e. The molecule has 23 heavy (non-hydrogen) atoms. The van der Waals surface area contributed by atoms with Crippen LogP contribution in [0.5, 0.6) is 0 Å². The maximum Gasteiger partial charge on any atom is 0.259 e. The first-order valence-electron chi connectivity index (χ1n) is 8.31. The molecule has 0 radical (unpaired) electrons. The number of fused-ring (bicyclic) bond motifs is 1. The minimum atomic E-state index is -0.0429. The molecule has 1 aliphatic rings. The van der Waals surface area contributed by atoms with Crippen LogP contribution in [-0.4, -0.2) is 35.7 Å². The highest BCUT2D eigenvalue weighted by molar-refractivity contribution is 5.49. The molecule has 3 rings (SSSR count). The van der Waals surface area contributed by atoms with Crippen LogP contribution in [0.15, 0.2) is 35.3 Å². The number of hydrogen-bond acceptors (Lipinski definition) is 4. The Balaban J connectivity index is 1.98. The summed E-state index contributed by atoms with van der Waals surface area (Å²) in [4.78, 5) is 19.2. The maximum absolute atomic E-state index is 12.3. The molecule has 0 spiro atoms. The Morgan fingerprint density at radius 3 is 2.78 bits per heavy atom. The molecule has 2 heterocycles. The van der Waals surface area contributed by atoms with E-state index in [-0.39, 0.29) is 17.1 Å². The zero-order valence-corrected chi connectivity index (χ0v) is 14.3. The van der Waals surface area contributed by atoms with Crippen molar-refractivity contribution in [3.05, 3.63) is 40.8 Å². The average Bonchev–Trinajstić information content (AvgIpc) is 2.55. The van der Waals surface area contributed by atoms with E-state index in [1.807, 2.05) is 25.2 Å². The van der Waals surface area contributed by atoms with Crippen molar-refractivity contribution in [3.8, 4) is 0 Å². The van der Waals surface area contributed by atoms with E-state index in [9.17, 15) is 4.79 Å². The molecule has 0 aliphatic heterocycles. The van der Waals surface area contributed by atoms with Gasteiger partial charge in [-0.25, -0.2) is 4.98 Å². The van der Waals surface area contributed by atoms with Gasteiger partial charge in [-0.15, -0.1) is 0 Å². The van der Waals surface area contributed by atoms with Crippen molar-refractivity contribution >= 4 is 11.5 Å². The Morgan fingerprint density at radius 2 is 2.13 bits per heavy atom. The Hall–Kier alpha value is -1.88. The van der Waals surface area contributed by atoms with Crippen LogP contribution in [0.1, 0.15) is 33.1 Å². The van der Waals surface area contributed by atoms with Crippen LogP contribution >= 0.6 is 0 Å². The van der Waals surface area contributed by atoms with Gasteiger partial charge in [0.05, 0.1) is 6.10 Å². The number of hydrogen-bond donors (Lipinski definition) is 0. The van der Waals surface area contributed by atoms with E-state index < -0.39 is 0 Å². The SMILES string of the molecule is CCC1(CC)[C@@H](OC)C[C@H]1N(C)c1cc(=O)n2ccccc2n1. The third-order valence-electron chi connectivity index (χ3n) is 5.73. The number of methoxy groups -OCH3 is 1. The third kappa shape index (κ3) is 2.34. The molecule has 2 aromatic heterocycles. The highest BCUT2D eigenvalue weighted by atomic mass is 16.5. The fourth-order valence-electron chi connectivity index (χ4n) is 4.16. The van der Waals surface area contributed by atoms with Crippen LogP contribution in [0.2, 0.25) is 0 Å². The summed E-state index contributed by atoms with van der Waals surface area (Å²) in [6.07, 6.45) is 5.13. The van der Waals surface area contributed by atoms with E-state index in [1.54, 1.807) is 23.8 Å².